The van der Waals surface area contributed by atoms with E-state index in [9.17, 15) is 24.0 Å². The zero-order valence-electron chi connectivity index (χ0n) is 26.1. The third-order valence-electron chi connectivity index (χ3n) is 9.00. The van der Waals surface area contributed by atoms with Gasteiger partial charge in [0.2, 0.25) is 11.8 Å². The molecule has 2 aromatic rings. The number of piperazine rings is 1. The molecule has 4 aliphatic rings. The monoisotopic (exact) mass is 616 g/mol. The van der Waals surface area contributed by atoms with E-state index >= 15 is 0 Å². The maximum absolute atomic E-state index is 13.2. The van der Waals surface area contributed by atoms with Gasteiger partial charge in [0.05, 0.1) is 16.7 Å². The van der Waals surface area contributed by atoms with Crippen LogP contribution in [0.1, 0.15) is 77.5 Å². The summed E-state index contributed by atoms with van der Waals surface area (Å²) in [5.41, 5.74) is 1.41. The summed E-state index contributed by atoms with van der Waals surface area (Å²) in [5.74, 6) is -0.850. The molecule has 12 heteroatoms. The highest BCUT2D eigenvalue weighted by Gasteiger charge is 2.44. The van der Waals surface area contributed by atoms with Crippen molar-refractivity contribution in [2.75, 3.05) is 55.6 Å². The average molecular weight is 617 g/mol. The number of imide groups is 2. The van der Waals surface area contributed by atoms with Gasteiger partial charge in [-0.1, -0.05) is 0 Å². The van der Waals surface area contributed by atoms with E-state index in [1.165, 1.54) is 0 Å². The third-order valence-corrected chi connectivity index (χ3v) is 9.00. The molecule has 5 heterocycles. The van der Waals surface area contributed by atoms with Crippen molar-refractivity contribution in [1.82, 2.24) is 20.1 Å². The SMILES string of the molecule is CC(C)(C)OC(=O)c1ccc(N2CCC(CN3CCN(c4ccc5c(c4)C(=O)N(C4CCC(=O)NC4=O)C5=O)CC3)CC2)nc1. The van der Waals surface area contributed by atoms with Gasteiger partial charge in [-0.15, -0.1) is 0 Å². The van der Waals surface area contributed by atoms with E-state index < -0.39 is 29.4 Å². The van der Waals surface area contributed by atoms with Crippen molar-refractivity contribution in [3.63, 3.8) is 0 Å². The molecular weight excluding hydrogens is 576 g/mol. The van der Waals surface area contributed by atoms with Crippen LogP contribution >= 0.6 is 0 Å². The number of amides is 4. The smallest absolute Gasteiger partial charge is 0.340 e. The number of rotatable bonds is 6. The van der Waals surface area contributed by atoms with Crippen molar-refractivity contribution >= 4 is 41.1 Å². The van der Waals surface area contributed by atoms with Gasteiger partial charge in [-0.05, 0) is 76.3 Å². The summed E-state index contributed by atoms with van der Waals surface area (Å²) in [6, 6.07) is 8.03. The van der Waals surface area contributed by atoms with Gasteiger partial charge in [-0.3, -0.25) is 34.3 Å². The lowest BCUT2D eigenvalue weighted by molar-refractivity contribution is -0.136. The molecule has 238 valence electrons. The number of carbonyl (C=O) groups excluding carboxylic acids is 5. The lowest BCUT2D eigenvalue weighted by Gasteiger charge is -2.40. The fourth-order valence-corrected chi connectivity index (χ4v) is 6.59. The molecule has 45 heavy (non-hydrogen) atoms. The number of benzene rings is 1. The Hall–Kier alpha value is -4.32. The fraction of sp³-hybridized carbons (Fsp3) is 0.515. The van der Waals surface area contributed by atoms with Gasteiger partial charge in [-0.2, -0.15) is 0 Å². The van der Waals surface area contributed by atoms with Crippen LogP contribution in [0.4, 0.5) is 11.5 Å². The van der Waals surface area contributed by atoms with Gasteiger partial charge >= 0.3 is 5.97 Å². The summed E-state index contributed by atoms with van der Waals surface area (Å²) in [6.07, 6.45) is 3.98. The van der Waals surface area contributed by atoms with Crippen molar-refractivity contribution in [2.45, 2.75) is 58.1 Å². The van der Waals surface area contributed by atoms with Crippen LogP contribution < -0.4 is 15.1 Å². The second-order valence-corrected chi connectivity index (χ2v) is 13.3. The Morgan fingerprint density at radius 1 is 0.889 bits per heavy atom. The number of piperidine rings is 2. The number of carbonyl (C=O) groups is 5. The van der Waals surface area contributed by atoms with Crippen molar-refractivity contribution < 1.29 is 28.7 Å². The van der Waals surface area contributed by atoms with Crippen molar-refractivity contribution in [3.8, 4) is 0 Å². The molecule has 1 aromatic heterocycles. The van der Waals surface area contributed by atoms with Gasteiger partial charge in [0.15, 0.2) is 0 Å². The van der Waals surface area contributed by atoms with Gasteiger partial charge in [0.1, 0.15) is 17.5 Å². The van der Waals surface area contributed by atoms with Crippen LogP contribution in [0.15, 0.2) is 36.5 Å². The normalized spacial score (nSPS) is 21.7. The molecular formula is C33H40N6O6. The van der Waals surface area contributed by atoms with Crippen LogP contribution in [-0.2, 0) is 14.3 Å². The first-order valence-corrected chi connectivity index (χ1v) is 15.7. The maximum atomic E-state index is 13.2. The number of hydrogen-bond donors (Lipinski definition) is 1. The zero-order chi connectivity index (χ0) is 31.9. The predicted octanol–water partition coefficient (Wildman–Crippen LogP) is 2.48. The molecule has 0 aliphatic carbocycles. The van der Waals surface area contributed by atoms with Crippen LogP contribution in [0.2, 0.25) is 0 Å². The Morgan fingerprint density at radius 2 is 1.60 bits per heavy atom. The van der Waals surface area contributed by atoms with Crippen molar-refractivity contribution in [2.24, 2.45) is 5.92 Å². The highest BCUT2D eigenvalue weighted by molar-refractivity contribution is 6.23. The predicted molar refractivity (Wildman–Crippen MR) is 166 cm³/mol. The summed E-state index contributed by atoms with van der Waals surface area (Å²) < 4.78 is 5.44. The van der Waals surface area contributed by atoms with Crippen LogP contribution in [0.5, 0.6) is 0 Å². The summed E-state index contributed by atoms with van der Waals surface area (Å²) in [6.45, 7) is 11.8. The number of nitrogens with zero attached hydrogens (tertiary/aromatic N) is 5. The first-order valence-electron chi connectivity index (χ1n) is 15.7. The van der Waals surface area contributed by atoms with E-state index in [-0.39, 0.29) is 24.7 Å². The van der Waals surface area contributed by atoms with Crippen molar-refractivity contribution in [3.05, 3.63) is 53.2 Å². The second kappa shape index (κ2) is 12.2. The Kier molecular flexibility index (Phi) is 8.34. The van der Waals surface area contributed by atoms with E-state index in [0.717, 1.165) is 75.1 Å². The summed E-state index contributed by atoms with van der Waals surface area (Å²) in [4.78, 5) is 75.0. The standard InChI is InChI=1S/C33H40N6O6/c1-33(2,3)45-32(44)22-4-8-27(34-19-22)38-12-10-21(11-13-38)20-36-14-16-37(17-15-36)23-5-6-24-25(18-23)31(43)39(30(24)42)26-7-9-28(40)35-29(26)41/h4-6,8,18-19,21,26H,7,9-17,20H2,1-3H3,(H,35,40,41). The number of hydrogen-bond acceptors (Lipinski definition) is 10. The fourth-order valence-electron chi connectivity index (χ4n) is 6.59. The molecule has 1 aromatic carbocycles. The Labute approximate surface area is 262 Å². The quantitative estimate of drug-likeness (QED) is 0.381. The molecule has 0 spiro atoms. The van der Waals surface area contributed by atoms with Gasteiger partial charge in [0.25, 0.3) is 11.8 Å². The molecule has 3 saturated heterocycles. The summed E-state index contributed by atoms with van der Waals surface area (Å²) in [7, 11) is 0. The minimum atomic E-state index is -0.963. The molecule has 12 nitrogen and oxygen atoms in total. The molecule has 0 saturated carbocycles. The lowest BCUT2D eigenvalue weighted by atomic mass is 9.96. The number of nitrogens with one attached hydrogen (secondary N) is 1. The molecule has 0 radical (unpaired) electrons. The molecule has 1 unspecified atom stereocenters. The van der Waals surface area contributed by atoms with Crippen molar-refractivity contribution in [1.29, 1.82) is 0 Å². The maximum Gasteiger partial charge on any atom is 0.340 e. The van der Waals surface area contributed by atoms with E-state index in [1.807, 2.05) is 32.9 Å². The second-order valence-electron chi connectivity index (χ2n) is 13.3. The molecule has 3 fully saturated rings. The van der Waals surface area contributed by atoms with E-state index in [0.29, 0.717) is 22.6 Å². The highest BCUT2D eigenvalue weighted by Crippen LogP contribution is 2.31. The number of fused-ring (bicyclic) bond motifs is 1. The average Bonchev–Trinajstić information content (AvgIpc) is 3.26. The molecule has 4 aliphatic heterocycles. The van der Waals surface area contributed by atoms with Gasteiger partial charge in [0, 0.05) is 64.1 Å². The number of ether oxygens (including phenoxy) is 1. The number of pyridine rings is 1. The minimum absolute atomic E-state index is 0.0980. The van der Waals surface area contributed by atoms with Crippen LogP contribution in [0, 0.1) is 5.92 Å². The van der Waals surface area contributed by atoms with E-state index in [2.05, 4.69) is 25.0 Å². The molecule has 1 N–H and O–H groups in total. The summed E-state index contributed by atoms with van der Waals surface area (Å²) in [5, 5.41) is 2.23. The minimum Gasteiger partial charge on any atom is -0.456 e. The first kappa shape index (κ1) is 30.7. The molecule has 4 amide bonds. The van der Waals surface area contributed by atoms with E-state index in [4.69, 9.17) is 4.74 Å². The Morgan fingerprint density at radius 3 is 2.24 bits per heavy atom. The molecule has 0 bridgehead atoms. The Bertz CT molecular complexity index is 1500. The highest BCUT2D eigenvalue weighted by atomic mass is 16.6. The van der Waals surface area contributed by atoms with Crippen LogP contribution in [0.25, 0.3) is 0 Å². The van der Waals surface area contributed by atoms with Gasteiger partial charge in [-0.25, -0.2) is 9.78 Å². The third kappa shape index (κ3) is 6.56. The Balaban J connectivity index is 0.981. The summed E-state index contributed by atoms with van der Waals surface area (Å²) >= 11 is 0. The number of anilines is 2. The van der Waals surface area contributed by atoms with Crippen LogP contribution in [0.3, 0.4) is 0 Å². The van der Waals surface area contributed by atoms with Crippen LogP contribution in [-0.4, -0.2) is 102 Å². The van der Waals surface area contributed by atoms with E-state index in [1.54, 1.807) is 24.4 Å². The number of aromatic nitrogens is 1. The lowest BCUT2D eigenvalue weighted by Crippen LogP contribution is -2.54. The topological polar surface area (TPSA) is 132 Å². The molecule has 6 rings (SSSR count). The number of esters is 1. The van der Waals surface area contributed by atoms with Gasteiger partial charge < -0.3 is 14.5 Å². The first-order chi connectivity index (χ1) is 21.5. The largest absolute Gasteiger partial charge is 0.456 e. The molecule has 1 atom stereocenters. The zero-order valence-corrected chi connectivity index (χ0v) is 26.1.